The third-order valence-electron chi connectivity index (χ3n) is 4.08. The van der Waals surface area contributed by atoms with Gasteiger partial charge in [-0.3, -0.25) is 4.79 Å². The summed E-state index contributed by atoms with van der Waals surface area (Å²) in [4.78, 5) is 12.3. The van der Waals surface area contributed by atoms with Crippen LogP contribution >= 0.6 is 55.4 Å². The van der Waals surface area contributed by atoms with Crippen LogP contribution in [-0.2, 0) is 23.3 Å². The second-order valence-corrected chi connectivity index (χ2v) is 10.1. The lowest BCUT2D eigenvalue weighted by atomic mass is 10.2. The number of aryl methyl sites for hydroxylation is 1. The van der Waals surface area contributed by atoms with E-state index in [9.17, 15) is 4.79 Å². The Bertz CT molecular complexity index is 993. The summed E-state index contributed by atoms with van der Waals surface area (Å²) in [6.07, 6.45) is 0. The minimum Gasteiger partial charge on any atom is -0.324 e. The third kappa shape index (κ3) is 6.60. The topological polar surface area (TPSA) is 59.8 Å². The second kappa shape index (κ2) is 10.7. The van der Waals surface area contributed by atoms with Crippen molar-refractivity contribution in [1.82, 2.24) is 14.8 Å². The van der Waals surface area contributed by atoms with Crippen LogP contribution in [0.25, 0.3) is 0 Å². The Morgan fingerprint density at radius 1 is 1.10 bits per heavy atom. The maximum Gasteiger partial charge on any atom is 0.234 e. The Morgan fingerprint density at radius 3 is 2.59 bits per heavy atom. The van der Waals surface area contributed by atoms with Crippen LogP contribution in [0.4, 0.5) is 5.69 Å². The zero-order chi connectivity index (χ0) is 20.8. The van der Waals surface area contributed by atoms with Crippen molar-refractivity contribution >= 4 is 67.0 Å². The summed E-state index contributed by atoms with van der Waals surface area (Å²) >= 11 is 10.0. The lowest BCUT2D eigenvalue weighted by molar-refractivity contribution is -0.113. The first-order chi connectivity index (χ1) is 13.9. The van der Waals surface area contributed by atoms with Crippen LogP contribution in [0.1, 0.15) is 17.0 Å². The molecule has 152 valence electrons. The summed E-state index contributed by atoms with van der Waals surface area (Å²) in [5.74, 6) is 2.79. The smallest absolute Gasteiger partial charge is 0.234 e. The highest BCUT2D eigenvalue weighted by molar-refractivity contribution is 9.11. The van der Waals surface area contributed by atoms with Gasteiger partial charge in [0.2, 0.25) is 5.91 Å². The molecule has 0 atom stereocenters. The first-order valence-corrected chi connectivity index (χ1v) is 12.5. The molecule has 1 amide bonds. The maximum absolute atomic E-state index is 12.3. The van der Waals surface area contributed by atoms with Crippen LogP contribution in [0.5, 0.6) is 0 Å². The number of nitrogens with zero attached hydrogens (tertiary/aromatic N) is 3. The Labute approximate surface area is 195 Å². The fourth-order valence-corrected chi connectivity index (χ4v) is 5.29. The number of rotatable bonds is 8. The van der Waals surface area contributed by atoms with E-state index >= 15 is 0 Å². The molecular weight excluding hydrogens is 536 g/mol. The molecule has 1 aromatic heterocycles. The van der Waals surface area contributed by atoms with Gasteiger partial charge in [0.05, 0.1) is 17.2 Å². The van der Waals surface area contributed by atoms with Crippen molar-refractivity contribution in [1.29, 1.82) is 0 Å². The molecule has 3 rings (SSSR count). The van der Waals surface area contributed by atoms with Crippen LogP contribution in [0.15, 0.2) is 56.6 Å². The number of thioether (sulfide) groups is 2. The summed E-state index contributed by atoms with van der Waals surface area (Å²) in [7, 11) is 1.94. The number of hydrogen-bond donors (Lipinski definition) is 1. The first-order valence-electron chi connectivity index (χ1n) is 8.81. The number of benzene rings is 2. The molecule has 0 aliphatic carbocycles. The van der Waals surface area contributed by atoms with E-state index in [0.717, 1.165) is 37.1 Å². The fraction of sp³-hybridized carbons (Fsp3) is 0.250. The quantitative estimate of drug-likeness (QED) is 0.355. The average Bonchev–Trinajstić information content (AvgIpc) is 3.04. The summed E-state index contributed by atoms with van der Waals surface area (Å²) < 4.78 is 3.73. The number of aromatic nitrogens is 3. The number of carbonyl (C=O) groups excluding carboxylic acids is 1. The summed E-state index contributed by atoms with van der Waals surface area (Å²) in [5, 5.41) is 12.1. The number of halogens is 2. The normalized spacial score (nSPS) is 10.9. The lowest BCUT2D eigenvalue weighted by Crippen LogP contribution is -2.14. The van der Waals surface area contributed by atoms with Gasteiger partial charge in [-0.1, -0.05) is 57.5 Å². The molecule has 1 N–H and O–H groups in total. The van der Waals surface area contributed by atoms with E-state index in [1.54, 1.807) is 11.8 Å². The standard InChI is InChI=1S/C20H20Br2N4OS2/c1-13-3-5-14(6-4-13)10-28-11-18-24-25-20(26(18)2)29-12-19(27)23-17-8-7-15(21)9-16(17)22/h3-9H,10-12H2,1-2H3,(H,23,27). The van der Waals surface area contributed by atoms with Gasteiger partial charge in [0.1, 0.15) is 5.82 Å². The summed E-state index contributed by atoms with van der Waals surface area (Å²) in [6, 6.07) is 14.2. The molecule has 0 unspecified atom stereocenters. The fourth-order valence-electron chi connectivity index (χ4n) is 2.45. The van der Waals surface area contributed by atoms with Gasteiger partial charge < -0.3 is 9.88 Å². The van der Waals surface area contributed by atoms with Crippen molar-refractivity contribution in [2.45, 2.75) is 23.6 Å². The molecule has 0 fully saturated rings. The van der Waals surface area contributed by atoms with Gasteiger partial charge in [0, 0.05) is 21.7 Å². The van der Waals surface area contributed by atoms with Gasteiger partial charge in [-0.25, -0.2) is 0 Å². The average molecular weight is 556 g/mol. The molecule has 0 spiro atoms. The maximum atomic E-state index is 12.3. The molecule has 2 aromatic carbocycles. The molecular formula is C20H20Br2N4OS2. The van der Waals surface area contributed by atoms with Crippen LogP contribution in [-0.4, -0.2) is 26.4 Å². The van der Waals surface area contributed by atoms with Crippen molar-refractivity contribution in [3.8, 4) is 0 Å². The van der Waals surface area contributed by atoms with Crippen molar-refractivity contribution in [3.05, 3.63) is 68.4 Å². The third-order valence-corrected chi connectivity index (χ3v) is 7.25. The van der Waals surface area contributed by atoms with Crippen LogP contribution in [0, 0.1) is 6.92 Å². The number of amides is 1. The zero-order valence-corrected chi connectivity index (χ0v) is 20.8. The molecule has 5 nitrogen and oxygen atoms in total. The van der Waals surface area contributed by atoms with Crippen LogP contribution in [0.2, 0.25) is 0 Å². The molecule has 9 heteroatoms. The lowest BCUT2D eigenvalue weighted by Gasteiger charge is -2.08. The van der Waals surface area contributed by atoms with E-state index < -0.39 is 0 Å². The van der Waals surface area contributed by atoms with Gasteiger partial charge in [0.15, 0.2) is 5.16 Å². The molecule has 0 aliphatic heterocycles. The Hall–Kier alpha value is -1.29. The molecule has 3 aromatic rings. The zero-order valence-electron chi connectivity index (χ0n) is 16.0. The van der Waals surface area contributed by atoms with E-state index in [-0.39, 0.29) is 11.7 Å². The summed E-state index contributed by atoms with van der Waals surface area (Å²) in [6.45, 7) is 2.09. The SMILES string of the molecule is Cc1ccc(CSCc2nnc(SCC(=O)Nc3ccc(Br)cc3Br)n2C)cc1. The summed E-state index contributed by atoms with van der Waals surface area (Å²) in [5.41, 5.74) is 3.31. The minimum atomic E-state index is -0.0867. The minimum absolute atomic E-state index is 0.0867. The first kappa shape index (κ1) is 22.4. The highest BCUT2D eigenvalue weighted by atomic mass is 79.9. The number of anilines is 1. The highest BCUT2D eigenvalue weighted by Crippen LogP contribution is 2.27. The van der Waals surface area contributed by atoms with E-state index in [1.807, 2.05) is 29.8 Å². The molecule has 0 aliphatic rings. The Kier molecular flexibility index (Phi) is 8.23. The van der Waals surface area contributed by atoms with E-state index in [1.165, 1.54) is 22.9 Å². The number of carbonyl (C=O) groups is 1. The monoisotopic (exact) mass is 554 g/mol. The predicted octanol–water partition coefficient (Wildman–Crippen LogP) is 5.81. The van der Waals surface area contributed by atoms with Gasteiger partial charge >= 0.3 is 0 Å². The van der Waals surface area contributed by atoms with Gasteiger partial charge in [0.25, 0.3) is 0 Å². The van der Waals surface area contributed by atoms with Gasteiger partial charge in [-0.2, -0.15) is 0 Å². The second-order valence-electron chi connectivity index (χ2n) is 6.40. The number of hydrogen-bond acceptors (Lipinski definition) is 5. The largest absolute Gasteiger partial charge is 0.324 e. The van der Waals surface area contributed by atoms with E-state index in [0.29, 0.717) is 0 Å². The van der Waals surface area contributed by atoms with Gasteiger partial charge in [-0.15, -0.1) is 22.0 Å². The molecule has 29 heavy (non-hydrogen) atoms. The molecule has 0 saturated heterocycles. The predicted molar refractivity (Wildman–Crippen MR) is 128 cm³/mol. The van der Waals surface area contributed by atoms with Crippen molar-refractivity contribution in [2.75, 3.05) is 11.1 Å². The van der Waals surface area contributed by atoms with Crippen LogP contribution in [0.3, 0.4) is 0 Å². The number of nitrogens with one attached hydrogen (secondary N) is 1. The van der Waals surface area contributed by atoms with E-state index in [2.05, 4.69) is 78.6 Å². The van der Waals surface area contributed by atoms with Crippen molar-refractivity contribution < 1.29 is 4.79 Å². The molecule has 0 saturated carbocycles. The Morgan fingerprint density at radius 2 is 1.86 bits per heavy atom. The molecule has 1 heterocycles. The van der Waals surface area contributed by atoms with Crippen LogP contribution < -0.4 is 5.32 Å². The highest BCUT2D eigenvalue weighted by Gasteiger charge is 2.12. The Balaban J connectivity index is 1.48. The van der Waals surface area contributed by atoms with Crippen molar-refractivity contribution in [2.24, 2.45) is 7.05 Å². The molecule has 0 radical (unpaired) electrons. The molecule has 0 bridgehead atoms. The van der Waals surface area contributed by atoms with Gasteiger partial charge in [-0.05, 0) is 46.6 Å². The van der Waals surface area contributed by atoms with Crippen molar-refractivity contribution in [3.63, 3.8) is 0 Å². The van der Waals surface area contributed by atoms with E-state index in [4.69, 9.17) is 0 Å².